The van der Waals surface area contributed by atoms with Crippen LogP contribution < -0.4 is 5.73 Å². The molecule has 3 nitrogen and oxygen atoms in total. The summed E-state index contributed by atoms with van der Waals surface area (Å²) in [5.74, 6) is 1.86. The Labute approximate surface area is 121 Å². The second kappa shape index (κ2) is 5.70. The lowest BCUT2D eigenvalue weighted by Crippen LogP contribution is -2.20. The van der Waals surface area contributed by atoms with Gasteiger partial charge >= 0.3 is 0 Å². The van der Waals surface area contributed by atoms with Crippen LogP contribution in [0.15, 0.2) is 30.3 Å². The van der Waals surface area contributed by atoms with Crippen molar-refractivity contribution in [1.29, 1.82) is 0 Å². The predicted molar refractivity (Wildman–Crippen MR) is 85.7 cm³/mol. The van der Waals surface area contributed by atoms with Gasteiger partial charge in [0.1, 0.15) is 17.3 Å². The number of unbranched alkanes of at least 4 members (excludes halogenated alkanes) is 1. The zero-order valence-corrected chi connectivity index (χ0v) is 13.0. The van der Waals surface area contributed by atoms with Crippen LogP contribution in [0.3, 0.4) is 0 Å². The molecule has 0 bridgehead atoms. The van der Waals surface area contributed by atoms with Gasteiger partial charge in [-0.2, -0.15) is 0 Å². The van der Waals surface area contributed by atoms with Crippen molar-refractivity contribution in [3.05, 3.63) is 36.2 Å². The number of hydrogen-bond donors (Lipinski definition) is 1. The highest BCUT2D eigenvalue weighted by Crippen LogP contribution is 2.32. The first-order valence-electron chi connectivity index (χ1n) is 7.37. The molecule has 1 aromatic heterocycles. The Morgan fingerprint density at radius 3 is 2.35 bits per heavy atom. The number of rotatable bonds is 4. The van der Waals surface area contributed by atoms with Crippen LogP contribution in [0, 0.1) is 0 Å². The van der Waals surface area contributed by atoms with Crippen LogP contribution in [0.25, 0.3) is 11.3 Å². The minimum Gasteiger partial charge on any atom is -0.383 e. The molecule has 0 radical (unpaired) electrons. The van der Waals surface area contributed by atoms with Crippen molar-refractivity contribution in [2.24, 2.45) is 0 Å². The fourth-order valence-electron chi connectivity index (χ4n) is 2.39. The molecule has 0 atom stereocenters. The molecule has 0 fully saturated rings. The molecule has 2 rings (SSSR count). The number of nitrogens with two attached hydrogens (primary N) is 1. The summed E-state index contributed by atoms with van der Waals surface area (Å²) in [6, 6.07) is 10.2. The zero-order chi connectivity index (χ0) is 14.8. The van der Waals surface area contributed by atoms with E-state index in [1.165, 1.54) is 0 Å². The van der Waals surface area contributed by atoms with Gasteiger partial charge in [-0.1, -0.05) is 64.4 Å². The van der Waals surface area contributed by atoms with Crippen LogP contribution >= 0.6 is 0 Å². The first-order chi connectivity index (χ1) is 9.45. The number of aromatic nitrogens is 2. The number of nitrogen functional groups attached to an aromatic ring is 1. The Balaban J connectivity index is 2.53. The average molecular weight is 271 g/mol. The monoisotopic (exact) mass is 271 g/mol. The third-order valence-corrected chi connectivity index (χ3v) is 3.46. The quantitative estimate of drug-likeness (QED) is 0.904. The third kappa shape index (κ3) is 2.87. The molecule has 20 heavy (non-hydrogen) atoms. The lowest BCUT2D eigenvalue weighted by molar-refractivity contribution is 0.491. The van der Waals surface area contributed by atoms with Crippen LogP contribution in [0.4, 0.5) is 5.82 Å². The highest BCUT2D eigenvalue weighted by molar-refractivity contribution is 5.71. The molecule has 0 aliphatic heterocycles. The molecule has 0 amide bonds. The molecule has 1 heterocycles. The number of anilines is 1. The number of nitrogens with zero attached hydrogens (tertiary/aromatic N) is 2. The first kappa shape index (κ1) is 14.6. The van der Waals surface area contributed by atoms with E-state index in [2.05, 4.69) is 44.4 Å². The lowest BCUT2D eigenvalue weighted by atomic mass is 9.95. The van der Waals surface area contributed by atoms with Crippen molar-refractivity contribution in [3.8, 4) is 11.3 Å². The van der Waals surface area contributed by atoms with Crippen molar-refractivity contribution < 1.29 is 0 Å². The van der Waals surface area contributed by atoms with Crippen LogP contribution in [0.1, 0.15) is 46.4 Å². The van der Waals surface area contributed by atoms with Gasteiger partial charge < -0.3 is 10.3 Å². The maximum absolute atomic E-state index is 6.37. The second-order valence-corrected chi connectivity index (χ2v) is 6.29. The van der Waals surface area contributed by atoms with Crippen molar-refractivity contribution >= 4 is 5.82 Å². The largest absolute Gasteiger partial charge is 0.383 e. The molecule has 1 aromatic carbocycles. The minimum atomic E-state index is -0.00507. The van der Waals surface area contributed by atoms with E-state index in [1.54, 1.807) is 0 Å². The van der Waals surface area contributed by atoms with E-state index < -0.39 is 0 Å². The molecular weight excluding hydrogens is 246 g/mol. The summed E-state index contributed by atoms with van der Waals surface area (Å²) in [6.07, 6.45) is 2.28. The van der Waals surface area contributed by atoms with Crippen molar-refractivity contribution in [2.45, 2.75) is 52.5 Å². The molecule has 108 valence electrons. The molecule has 0 aliphatic carbocycles. The first-order valence-corrected chi connectivity index (χ1v) is 7.37. The standard InChI is InChI=1S/C17H25N3/c1-5-6-12-20-15(18)14(13-10-8-7-9-11-13)19-16(20)17(2,3)4/h7-11H,5-6,12,18H2,1-4H3. The normalized spacial score (nSPS) is 11.8. The van der Waals surface area contributed by atoms with E-state index in [0.29, 0.717) is 0 Å². The molecule has 0 saturated heterocycles. The van der Waals surface area contributed by atoms with Gasteiger partial charge in [0.05, 0.1) is 0 Å². The van der Waals surface area contributed by atoms with Crippen molar-refractivity contribution in [3.63, 3.8) is 0 Å². The van der Waals surface area contributed by atoms with Gasteiger partial charge in [-0.05, 0) is 6.42 Å². The molecule has 3 heteroatoms. The molecule has 2 aromatic rings. The maximum Gasteiger partial charge on any atom is 0.131 e. The Morgan fingerprint density at radius 1 is 1.15 bits per heavy atom. The zero-order valence-electron chi connectivity index (χ0n) is 13.0. The van der Waals surface area contributed by atoms with Gasteiger partial charge in [-0.25, -0.2) is 4.98 Å². The fourth-order valence-corrected chi connectivity index (χ4v) is 2.39. The van der Waals surface area contributed by atoms with Gasteiger partial charge in [0.25, 0.3) is 0 Å². The lowest BCUT2D eigenvalue weighted by Gasteiger charge is -2.20. The fraction of sp³-hybridized carbons (Fsp3) is 0.471. The molecule has 0 spiro atoms. The number of imidazole rings is 1. The number of benzene rings is 1. The summed E-state index contributed by atoms with van der Waals surface area (Å²) in [5.41, 5.74) is 8.37. The molecule has 0 aliphatic rings. The van der Waals surface area contributed by atoms with Crippen LogP contribution in [-0.4, -0.2) is 9.55 Å². The van der Waals surface area contributed by atoms with Crippen LogP contribution in [-0.2, 0) is 12.0 Å². The van der Waals surface area contributed by atoms with E-state index in [4.69, 9.17) is 10.7 Å². The minimum absolute atomic E-state index is 0.00507. The maximum atomic E-state index is 6.37. The highest BCUT2D eigenvalue weighted by atomic mass is 15.1. The van der Waals surface area contributed by atoms with Crippen LogP contribution in [0.5, 0.6) is 0 Å². The SMILES string of the molecule is CCCCn1c(C(C)(C)C)nc(-c2ccccc2)c1N. The summed E-state index contributed by atoms with van der Waals surface area (Å²) in [5, 5.41) is 0. The van der Waals surface area contributed by atoms with Crippen molar-refractivity contribution in [2.75, 3.05) is 5.73 Å². The van der Waals surface area contributed by atoms with E-state index in [-0.39, 0.29) is 5.41 Å². The summed E-state index contributed by atoms with van der Waals surface area (Å²) in [7, 11) is 0. The molecule has 0 unspecified atom stereocenters. The Kier molecular flexibility index (Phi) is 4.17. The van der Waals surface area contributed by atoms with Gasteiger partial charge in [0.2, 0.25) is 0 Å². The topological polar surface area (TPSA) is 43.8 Å². The number of hydrogen-bond acceptors (Lipinski definition) is 2. The summed E-state index contributed by atoms with van der Waals surface area (Å²) in [6.45, 7) is 9.70. The molecule has 2 N–H and O–H groups in total. The molecular formula is C17H25N3. The Morgan fingerprint density at radius 2 is 1.80 bits per heavy atom. The third-order valence-electron chi connectivity index (χ3n) is 3.46. The second-order valence-electron chi connectivity index (χ2n) is 6.29. The predicted octanol–water partition coefficient (Wildman–Crippen LogP) is 4.23. The Bertz CT molecular complexity index is 562. The Hall–Kier alpha value is -1.77. The average Bonchev–Trinajstić information content (AvgIpc) is 2.74. The summed E-state index contributed by atoms with van der Waals surface area (Å²) in [4.78, 5) is 4.84. The van der Waals surface area contributed by atoms with Crippen LogP contribution in [0.2, 0.25) is 0 Å². The van der Waals surface area contributed by atoms with E-state index in [9.17, 15) is 0 Å². The van der Waals surface area contributed by atoms with Gasteiger partial charge in [-0.15, -0.1) is 0 Å². The summed E-state index contributed by atoms with van der Waals surface area (Å²) < 4.78 is 2.19. The van der Waals surface area contributed by atoms with Gasteiger partial charge in [-0.3, -0.25) is 0 Å². The van der Waals surface area contributed by atoms with Gasteiger partial charge in [0, 0.05) is 17.5 Å². The summed E-state index contributed by atoms with van der Waals surface area (Å²) >= 11 is 0. The van der Waals surface area contributed by atoms with Crippen molar-refractivity contribution in [1.82, 2.24) is 9.55 Å². The smallest absolute Gasteiger partial charge is 0.131 e. The highest BCUT2D eigenvalue weighted by Gasteiger charge is 2.25. The van der Waals surface area contributed by atoms with Gasteiger partial charge in [0.15, 0.2) is 0 Å². The van der Waals surface area contributed by atoms with E-state index in [1.807, 2.05) is 18.2 Å². The van der Waals surface area contributed by atoms with E-state index in [0.717, 1.165) is 42.3 Å². The van der Waals surface area contributed by atoms with E-state index >= 15 is 0 Å². The molecule has 0 saturated carbocycles.